The molecule has 15 heavy (non-hydrogen) atoms. The third kappa shape index (κ3) is 3.59. The zero-order valence-corrected chi connectivity index (χ0v) is 8.71. The minimum Gasteiger partial charge on any atom is -0.477 e. The second-order valence-corrected chi connectivity index (χ2v) is 3.22. The number of hydrazine groups is 1. The van der Waals surface area contributed by atoms with Crippen molar-refractivity contribution in [2.75, 3.05) is 12.0 Å². The number of nitrogens with zero attached hydrogens (tertiary/aromatic N) is 1. The first-order valence-electron chi connectivity index (χ1n) is 5.01. The predicted octanol–water partition coefficient (Wildman–Crippen LogP) is 1.21. The number of anilines is 1. The summed E-state index contributed by atoms with van der Waals surface area (Å²) in [4.78, 5) is 10.7. The van der Waals surface area contributed by atoms with Crippen LogP contribution in [0.25, 0.3) is 0 Å². The summed E-state index contributed by atoms with van der Waals surface area (Å²) in [6.45, 7) is 2.93. The fourth-order valence-electron chi connectivity index (χ4n) is 1.16. The van der Waals surface area contributed by atoms with Crippen molar-refractivity contribution in [1.82, 2.24) is 15.6 Å². The lowest BCUT2D eigenvalue weighted by Gasteiger charge is -2.06. The van der Waals surface area contributed by atoms with Crippen LogP contribution in [0.4, 0.5) is 5.82 Å². The van der Waals surface area contributed by atoms with Gasteiger partial charge in [0, 0.05) is 6.54 Å². The summed E-state index contributed by atoms with van der Waals surface area (Å²) in [5.74, 6) is -0.611. The van der Waals surface area contributed by atoms with E-state index >= 15 is 0 Å². The van der Waals surface area contributed by atoms with Gasteiger partial charge in [-0.3, -0.25) is 5.10 Å². The molecule has 84 valence electrons. The van der Waals surface area contributed by atoms with E-state index in [0.29, 0.717) is 5.82 Å². The Hall–Kier alpha value is -1.56. The minimum atomic E-state index is -0.999. The second kappa shape index (κ2) is 6.02. The number of unbranched alkanes of at least 4 members (excludes halogenated alkanes) is 2. The Morgan fingerprint density at radius 3 is 3.07 bits per heavy atom. The van der Waals surface area contributed by atoms with Crippen molar-refractivity contribution in [1.29, 1.82) is 0 Å². The molecular weight excluding hydrogens is 196 g/mol. The maximum Gasteiger partial charge on any atom is 0.341 e. The molecule has 0 saturated carbocycles. The monoisotopic (exact) mass is 212 g/mol. The molecule has 0 aliphatic rings. The molecule has 0 aromatic carbocycles. The molecule has 0 amide bonds. The van der Waals surface area contributed by atoms with Gasteiger partial charge in [-0.05, 0) is 6.42 Å². The largest absolute Gasteiger partial charge is 0.477 e. The molecule has 0 atom stereocenters. The highest BCUT2D eigenvalue weighted by molar-refractivity contribution is 5.92. The Morgan fingerprint density at radius 2 is 2.40 bits per heavy atom. The Bertz CT molecular complexity index is 311. The van der Waals surface area contributed by atoms with Crippen LogP contribution >= 0.6 is 0 Å². The van der Waals surface area contributed by atoms with Gasteiger partial charge < -0.3 is 10.5 Å². The molecule has 1 rings (SSSR count). The summed E-state index contributed by atoms with van der Waals surface area (Å²) < 4.78 is 0. The van der Waals surface area contributed by atoms with E-state index in [2.05, 4.69) is 28.0 Å². The molecule has 0 bridgehead atoms. The molecule has 0 fully saturated rings. The number of aromatic amines is 1. The van der Waals surface area contributed by atoms with Crippen LogP contribution in [-0.2, 0) is 0 Å². The third-order valence-electron chi connectivity index (χ3n) is 1.99. The quantitative estimate of drug-likeness (QED) is 0.403. The van der Waals surface area contributed by atoms with E-state index in [9.17, 15) is 4.79 Å². The Labute approximate surface area is 88.0 Å². The zero-order chi connectivity index (χ0) is 11.1. The van der Waals surface area contributed by atoms with Gasteiger partial charge in [0.1, 0.15) is 5.56 Å². The lowest BCUT2D eigenvalue weighted by molar-refractivity contribution is 0.0698. The van der Waals surface area contributed by atoms with Crippen LogP contribution in [0.2, 0.25) is 0 Å². The summed E-state index contributed by atoms with van der Waals surface area (Å²) in [6.07, 6.45) is 4.65. The van der Waals surface area contributed by atoms with E-state index in [1.165, 1.54) is 6.20 Å². The Morgan fingerprint density at radius 1 is 1.60 bits per heavy atom. The molecule has 6 nitrogen and oxygen atoms in total. The number of carboxylic acids is 1. The minimum absolute atomic E-state index is 0.137. The molecule has 1 aromatic rings. The van der Waals surface area contributed by atoms with E-state index < -0.39 is 5.97 Å². The Kier molecular flexibility index (Phi) is 4.62. The van der Waals surface area contributed by atoms with Crippen LogP contribution in [-0.4, -0.2) is 27.8 Å². The molecule has 0 aliphatic carbocycles. The predicted molar refractivity (Wildman–Crippen MR) is 56.7 cm³/mol. The average molecular weight is 212 g/mol. The van der Waals surface area contributed by atoms with Crippen molar-refractivity contribution in [2.24, 2.45) is 0 Å². The lowest BCUT2D eigenvalue weighted by Crippen LogP contribution is -2.24. The number of nitrogens with one attached hydrogen (secondary N) is 3. The highest BCUT2D eigenvalue weighted by Gasteiger charge is 2.10. The van der Waals surface area contributed by atoms with E-state index in [1.54, 1.807) is 0 Å². The van der Waals surface area contributed by atoms with Gasteiger partial charge >= 0.3 is 5.97 Å². The van der Waals surface area contributed by atoms with Crippen molar-refractivity contribution in [3.8, 4) is 0 Å². The molecule has 1 heterocycles. The van der Waals surface area contributed by atoms with Crippen LogP contribution in [0, 0.1) is 0 Å². The maximum absolute atomic E-state index is 10.7. The number of aromatic carboxylic acids is 1. The summed E-state index contributed by atoms with van der Waals surface area (Å²) in [6, 6.07) is 0. The first-order valence-corrected chi connectivity index (χ1v) is 5.01. The van der Waals surface area contributed by atoms with Crippen LogP contribution in [0.5, 0.6) is 0 Å². The summed E-state index contributed by atoms with van der Waals surface area (Å²) in [5, 5.41) is 15.0. The van der Waals surface area contributed by atoms with Crippen molar-refractivity contribution in [3.05, 3.63) is 11.8 Å². The molecule has 0 radical (unpaired) electrons. The van der Waals surface area contributed by atoms with Gasteiger partial charge in [0.05, 0.1) is 6.20 Å². The highest BCUT2D eigenvalue weighted by atomic mass is 16.4. The van der Waals surface area contributed by atoms with E-state index in [-0.39, 0.29) is 5.56 Å². The average Bonchev–Trinajstić information content (AvgIpc) is 2.66. The van der Waals surface area contributed by atoms with Crippen molar-refractivity contribution in [3.63, 3.8) is 0 Å². The molecule has 1 aromatic heterocycles. The number of carbonyl (C=O) groups is 1. The SMILES string of the molecule is CCCCCNNc1[nH]ncc1C(=O)O. The van der Waals surface area contributed by atoms with Gasteiger partial charge in [0.15, 0.2) is 5.82 Å². The van der Waals surface area contributed by atoms with Crippen molar-refractivity contribution in [2.45, 2.75) is 26.2 Å². The van der Waals surface area contributed by atoms with E-state index in [4.69, 9.17) is 5.11 Å². The zero-order valence-electron chi connectivity index (χ0n) is 8.71. The smallest absolute Gasteiger partial charge is 0.341 e. The number of hydrogen-bond donors (Lipinski definition) is 4. The standard InChI is InChI=1S/C9H16N4O2/c1-2-3-4-5-10-12-8-7(9(14)15)6-11-13-8/h6,10H,2-5H2,1H3,(H,14,15)(H2,11,12,13). The summed E-state index contributed by atoms with van der Waals surface area (Å²) >= 11 is 0. The van der Waals surface area contributed by atoms with Crippen LogP contribution in [0.1, 0.15) is 36.5 Å². The number of hydrogen-bond acceptors (Lipinski definition) is 4. The van der Waals surface area contributed by atoms with Gasteiger partial charge in [-0.2, -0.15) is 5.10 Å². The summed E-state index contributed by atoms with van der Waals surface area (Å²) in [7, 11) is 0. The first kappa shape index (κ1) is 11.5. The molecule has 0 saturated heterocycles. The number of aromatic nitrogens is 2. The molecular formula is C9H16N4O2. The summed E-state index contributed by atoms with van der Waals surface area (Å²) in [5.41, 5.74) is 5.85. The maximum atomic E-state index is 10.7. The van der Waals surface area contributed by atoms with Crippen LogP contribution < -0.4 is 10.9 Å². The third-order valence-corrected chi connectivity index (χ3v) is 1.99. The Balaban J connectivity index is 2.31. The van der Waals surface area contributed by atoms with Gasteiger partial charge in [0.2, 0.25) is 0 Å². The number of rotatable bonds is 7. The van der Waals surface area contributed by atoms with E-state index in [0.717, 1.165) is 25.8 Å². The lowest BCUT2D eigenvalue weighted by atomic mass is 10.2. The first-order chi connectivity index (χ1) is 7.25. The molecule has 6 heteroatoms. The van der Waals surface area contributed by atoms with Crippen LogP contribution in [0.3, 0.4) is 0 Å². The topological polar surface area (TPSA) is 90.0 Å². The highest BCUT2D eigenvalue weighted by Crippen LogP contribution is 2.08. The number of H-pyrrole nitrogens is 1. The second-order valence-electron chi connectivity index (χ2n) is 3.22. The van der Waals surface area contributed by atoms with Crippen LogP contribution in [0.15, 0.2) is 6.20 Å². The van der Waals surface area contributed by atoms with Crippen molar-refractivity contribution < 1.29 is 9.90 Å². The van der Waals surface area contributed by atoms with Crippen molar-refractivity contribution >= 4 is 11.8 Å². The fraction of sp³-hybridized carbons (Fsp3) is 0.556. The molecule has 0 unspecified atom stereocenters. The van der Waals surface area contributed by atoms with Gasteiger partial charge in [0.25, 0.3) is 0 Å². The number of carboxylic acid groups (broad SMARTS) is 1. The normalized spacial score (nSPS) is 10.2. The van der Waals surface area contributed by atoms with Gasteiger partial charge in [-0.1, -0.05) is 19.8 Å². The van der Waals surface area contributed by atoms with Gasteiger partial charge in [-0.25, -0.2) is 10.2 Å². The molecule has 4 N–H and O–H groups in total. The fourth-order valence-corrected chi connectivity index (χ4v) is 1.16. The molecule has 0 aliphatic heterocycles. The van der Waals surface area contributed by atoms with E-state index in [1.807, 2.05) is 0 Å². The molecule has 0 spiro atoms. The van der Waals surface area contributed by atoms with Gasteiger partial charge in [-0.15, -0.1) is 0 Å².